The summed E-state index contributed by atoms with van der Waals surface area (Å²) in [5.74, 6) is 1.51. The first-order chi connectivity index (χ1) is 6.60. The van der Waals surface area contributed by atoms with Crippen LogP contribution in [0.1, 0.15) is 24.1 Å². The maximum atomic E-state index is 5.80. The van der Waals surface area contributed by atoms with E-state index in [1.54, 1.807) is 14.2 Å². The molecule has 0 spiro atoms. The monoisotopic (exact) mass is 195 g/mol. The third-order valence-corrected chi connectivity index (χ3v) is 2.21. The summed E-state index contributed by atoms with van der Waals surface area (Å²) < 4.78 is 10.5. The van der Waals surface area contributed by atoms with Gasteiger partial charge in [-0.2, -0.15) is 0 Å². The number of hydrogen-bond acceptors (Lipinski definition) is 3. The first-order valence-electron chi connectivity index (χ1n) is 4.58. The van der Waals surface area contributed by atoms with Crippen molar-refractivity contribution in [2.24, 2.45) is 5.73 Å². The largest absolute Gasteiger partial charge is 0.493 e. The van der Waals surface area contributed by atoms with E-state index >= 15 is 0 Å². The molecule has 1 rings (SSSR count). The molecule has 1 aromatic carbocycles. The van der Waals surface area contributed by atoms with Crippen molar-refractivity contribution in [3.8, 4) is 11.5 Å². The molecule has 0 fully saturated rings. The van der Waals surface area contributed by atoms with E-state index in [0.717, 1.165) is 22.6 Å². The van der Waals surface area contributed by atoms with Crippen LogP contribution in [-0.2, 0) is 0 Å². The van der Waals surface area contributed by atoms with E-state index in [0.29, 0.717) is 0 Å². The Morgan fingerprint density at radius 2 is 1.86 bits per heavy atom. The van der Waals surface area contributed by atoms with Crippen LogP contribution in [0.3, 0.4) is 0 Å². The summed E-state index contributed by atoms with van der Waals surface area (Å²) in [6.07, 6.45) is 0. The molecule has 14 heavy (non-hydrogen) atoms. The first kappa shape index (κ1) is 10.9. The molecule has 0 heterocycles. The molecule has 0 saturated carbocycles. The zero-order valence-corrected chi connectivity index (χ0v) is 9.13. The molecule has 3 nitrogen and oxygen atoms in total. The van der Waals surface area contributed by atoms with Crippen LogP contribution in [0, 0.1) is 6.92 Å². The van der Waals surface area contributed by atoms with E-state index in [4.69, 9.17) is 15.2 Å². The predicted molar refractivity (Wildman–Crippen MR) is 56.9 cm³/mol. The van der Waals surface area contributed by atoms with Crippen LogP contribution in [0.25, 0.3) is 0 Å². The molecule has 1 aromatic rings. The molecule has 1 unspecified atom stereocenters. The van der Waals surface area contributed by atoms with Crippen molar-refractivity contribution in [2.45, 2.75) is 19.9 Å². The predicted octanol–water partition coefficient (Wildman–Crippen LogP) is 2.03. The number of ether oxygens (including phenoxy) is 2. The van der Waals surface area contributed by atoms with Gasteiger partial charge in [-0.1, -0.05) is 6.07 Å². The van der Waals surface area contributed by atoms with Crippen molar-refractivity contribution in [3.05, 3.63) is 23.3 Å². The summed E-state index contributed by atoms with van der Waals surface area (Å²) in [4.78, 5) is 0. The van der Waals surface area contributed by atoms with Crippen LogP contribution in [0.2, 0.25) is 0 Å². The molecule has 0 aliphatic heterocycles. The number of hydrogen-bond donors (Lipinski definition) is 1. The summed E-state index contributed by atoms with van der Waals surface area (Å²) in [6, 6.07) is 3.94. The second-order valence-corrected chi connectivity index (χ2v) is 3.36. The molecule has 0 aliphatic carbocycles. The van der Waals surface area contributed by atoms with Crippen molar-refractivity contribution < 1.29 is 9.47 Å². The average molecular weight is 195 g/mol. The van der Waals surface area contributed by atoms with E-state index in [-0.39, 0.29) is 6.04 Å². The number of aryl methyl sites for hydroxylation is 1. The normalized spacial score (nSPS) is 12.4. The van der Waals surface area contributed by atoms with Gasteiger partial charge in [-0.3, -0.25) is 0 Å². The molecular formula is C11H17NO2. The highest BCUT2D eigenvalue weighted by molar-refractivity contribution is 5.49. The highest BCUT2D eigenvalue weighted by Crippen LogP contribution is 2.33. The van der Waals surface area contributed by atoms with Gasteiger partial charge in [-0.15, -0.1) is 0 Å². The summed E-state index contributed by atoms with van der Waals surface area (Å²) in [7, 11) is 3.26. The van der Waals surface area contributed by atoms with Crippen LogP contribution in [0.5, 0.6) is 11.5 Å². The van der Waals surface area contributed by atoms with Gasteiger partial charge in [0.25, 0.3) is 0 Å². The molecular weight excluding hydrogens is 178 g/mol. The molecule has 0 bridgehead atoms. The van der Waals surface area contributed by atoms with Crippen molar-refractivity contribution >= 4 is 0 Å². The fraction of sp³-hybridized carbons (Fsp3) is 0.455. The Bertz CT molecular complexity index is 321. The Morgan fingerprint density at radius 1 is 1.21 bits per heavy atom. The van der Waals surface area contributed by atoms with Crippen LogP contribution >= 0.6 is 0 Å². The topological polar surface area (TPSA) is 44.5 Å². The van der Waals surface area contributed by atoms with Gasteiger partial charge in [-0.25, -0.2) is 0 Å². The maximum absolute atomic E-state index is 5.80. The van der Waals surface area contributed by atoms with E-state index in [1.807, 2.05) is 26.0 Å². The highest BCUT2D eigenvalue weighted by Gasteiger charge is 2.10. The average Bonchev–Trinajstić information content (AvgIpc) is 2.16. The standard InChI is InChI=1S/C11H17NO2/c1-7-5-9(8(2)12)6-10(13-3)11(7)14-4/h5-6,8H,12H2,1-4H3. The molecule has 78 valence electrons. The SMILES string of the molecule is COc1cc(C(C)N)cc(C)c1OC. The molecule has 0 aromatic heterocycles. The van der Waals surface area contributed by atoms with Gasteiger partial charge in [0.05, 0.1) is 14.2 Å². The Labute approximate surface area is 84.8 Å². The number of nitrogens with two attached hydrogens (primary N) is 1. The molecule has 1 atom stereocenters. The van der Waals surface area contributed by atoms with Gasteiger partial charge in [-0.05, 0) is 31.0 Å². The maximum Gasteiger partial charge on any atom is 0.163 e. The number of benzene rings is 1. The van der Waals surface area contributed by atoms with Crippen molar-refractivity contribution in [1.82, 2.24) is 0 Å². The molecule has 2 N–H and O–H groups in total. The Hall–Kier alpha value is -1.22. The fourth-order valence-corrected chi connectivity index (χ4v) is 1.44. The second kappa shape index (κ2) is 4.33. The smallest absolute Gasteiger partial charge is 0.163 e. The van der Waals surface area contributed by atoms with Crippen LogP contribution in [0.15, 0.2) is 12.1 Å². The number of rotatable bonds is 3. The quantitative estimate of drug-likeness (QED) is 0.802. The highest BCUT2D eigenvalue weighted by atomic mass is 16.5. The van der Waals surface area contributed by atoms with Crippen molar-refractivity contribution in [1.29, 1.82) is 0 Å². The Morgan fingerprint density at radius 3 is 2.29 bits per heavy atom. The van der Waals surface area contributed by atoms with E-state index < -0.39 is 0 Å². The lowest BCUT2D eigenvalue weighted by molar-refractivity contribution is 0.352. The third kappa shape index (κ3) is 1.99. The minimum Gasteiger partial charge on any atom is -0.493 e. The van der Waals surface area contributed by atoms with Gasteiger partial charge in [0.1, 0.15) is 0 Å². The lowest BCUT2D eigenvalue weighted by atomic mass is 10.0. The Balaban J connectivity index is 3.24. The molecule has 3 heteroatoms. The second-order valence-electron chi connectivity index (χ2n) is 3.36. The fourth-order valence-electron chi connectivity index (χ4n) is 1.44. The lowest BCUT2D eigenvalue weighted by Gasteiger charge is -2.14. The summed E-state index contributed by atoms with van der Waals surface area (Å²) in [6.45, 7) is 3.92. The summed E-state index contributed by atoms with van der Waals surface area (Å²) >= 11 is 0. The first-order valence-corrected chi connectivity index (χ1v) is 4.58. The summed E-state index contributed by atoms with van der Waals surface area (Å²) in [5.41, 5.74) is 7.90. The molecule has 0 amide bonds. The molecule has 0 aliphatic rings. The minimum atomic E-state index is 0.00788. The van der Waals surface area contributed by atoms with E-state index in [2.05, 4.69) is 0 Å². The molecule has 0 radical (unpaired) electrons. The van der Waals surface area contributed by atoms with E-state index in [9.17, 15) is 0 Å². The van der Waals surface area contributed by atoms with Gasteiger partial charge >= 0.3 is 0 Å². The van der Waals surface area contributed by atoms with Gasteiger partial charge in [0, 0.05) is 6.04 Å². The minimum absolute atomic E-state index is 0.00788. The zero-order valence-electron chi connectivity index (χ0n) is 9.13. The lowest BCUT2D eigenvalue weighted by Crippen LogP contribution is -2.06. The Kier molecular flexibility index (Phi) is 3.36. The van der Waals surface area contributed by atoms with Crippen LogP contribution in [-0.4, -0.2) is 14.2 Å². The van der Waals surface area contributed by atoms with Crippen LogP contribution < -0.4 is 15.2 Å². The molecule has 0 saturated heterocycles. The van der Waals surface area contributed by atoms with E-state index in [1.165, 1.54) is 0 Å². The summed E-state index contributed by atoms with van der Waals surface area (Å²) in [5, 5.41) is 0. The van der Waals surface area contributed by atoms with Crippen LogP contribution in [0.4, 0.5) is 0 Å². The van der Waals surface area contributed by atoms with Crippen molar-refractivity contribution in [2.75, 3.05) is 14.2 Å². The number of methoxy groups -OCH3 is 2. The van der Waals surface area contributed by atoms with Gasteiger partial charge in [0.15, 0.2) is 11.5 Å². The third-order valence-electron chi connectivity index (χ3n) is 2.21. The van der Waals surface area contributed by atoms with Gasteiger partial charge < -0.3 is 15.2 Å². The zero-order chi connectivity index (χ0) is 10.7. The van der Waals surface area contributed by atoms with Crippen molar-refractivity contribution in [3.63, 3.8) is 0 Å². The van der Waals surface area contributed by atoms with Gasteiger partial charge in [0.2, 0.25) is 0 Å².